The van der Waals surface area contributed by atoms with Crippen LogP contribution >= 0.6 is 15.9 Å². The molecular formula is C16H11BrN4O3. The van der Waals surface area contributed by atoms with Gasteiger partial charge in [0.2, 0.25) is 0 Å². The number of hydrogen-bond acceptors (Lipinski definition) is 5. The van der Waals surface area contributed by atoms with Crippen molar-refractivity contribution in [1.82, 2.24) is 9.97 Å². The van der Waals surface area contributed by atoms with E-state index in [4.69, 9.17) is 4.42 Å². The lowest BCUT2D eigenvalue weighted by molar-refractivity contribution is 0.101. The molecule has 0 spiro atoms. The molecule has 0 atom stereocenters. The molecule has 0 unspecified atom stereocenters. The second kappa shape index (κ2) is 7.05. The summed E-state index contributed by atoms with van der Waals surface area (Å²) in [4.78, 5) is 31.9. The highest BCUT2D eigenvalue weighted by Gasteiger charge is 2.15. The van der Waals surface area contributed by atoms with E-state index in [1.54, 1.807) is 36.4 Å². The zero-order valence-corrected chi connectivity index (χ0v) is 13.8. The summed E-state index contributed by atoms with van der Waals surface area (Å²) in [5.74, 6) is -0.843. The molecular weight excluding hydrogens is 376 g/mol. The van der Waals surface area contributed by atoms with Crippen LogP contribution in [0.5, 0.6) is 0 Å². The van der Waals surface area contributed by atoms with Crippen LogP contribution in [0.1, 0.15) is 20.8 Å². The first-order chi connectivity index (χ1) is 11.6. The quantitative estimate of drug-likeness (QED) is 0.716. The SMILES string of the molecule is O=C(Nc1nc(C(=O)Nc2ccc(Br)cc2)co1)c1ccncc1. The number of nitrogens with one attached hydrogen (secondary N) is 2. The maximum absolute atomic E-state index is 12.1. The molecule has 3 rings (SSSR count). The molecule has 2 N–H and O–H groups in total. The van der Waals surface area contributed by atoms with Crippen LogP contribution in [0, 0.1) is 0 Å². The normalized spacial score (nSPS) is 10.2. The summed E-state index contributed by atoms with van der Waals surface area (Å²) >= 11 is 3.32. The van der Waals surface area contributed by atoms with E-state index in [1.807, 2.05) is 0 Å². The summed E-state index contributed by atoms with van der Waals surface area (Å²) in [5, 5.41) is 5.15. The van der Waals surface area contributed by atoms with Gasteiger partial charge >= 0.3 is 6.01 Å². The van der Waals surface area contributed by atoms with Crippen LogP contribution < -0.4 is 10.6 Å². The number of carbonyl (C=O) groups is 2. The lowest BCUT2D eigenvalue weighted by atomic mass is 10.2. The van der Waals surface area contributed by atoms with Crippen LogP contribution in [-0.2, 0) is 0 Å². The van der Waals surface area contributed by atoms with Crippen LogP contribution in [0.25, 0.3) is 0 Å². The number of amides is 2. The Hall–Kier alpha value is -3.00. The second-order valence-electron chi connectivity index (χ2n) is 4.69. The Balaban J connectivity index is 1.65. The number of halogens is 1. The summed E-state index contributed by atoms with van der Waals surface area (Å²) in [5.41, 5.74) is 1.08. The van der Waals surface area contributed by atoms with Crippen molar-refractivity contribution in [2.75, 3.05) is 10.6 Å². The first-order valence-corrected chi connectivity index (χ1v) is 7.65. The topological polar surface area (TPSA) is 97.1 Å². The van der Waals surface area contributed by atoms with E-state index in [9.17, 15) is 9.59 Å². The lowest BCUT2D eigenvalue weighted by Crippen LogP contribution is -2.14. The molecule has 0 aliphatic rings. The number of oxazole rings is 1. The van der Waals surface area contributed by atoms with Crippen LogP contribution in [0.2, 0.25) is 0 Å². The number of pyridine rings is 1. The Morgan fingerprint density at radius 3 is 2.38 bits per heavy atom. The minimum absolute atomic E-state index is 0.0576. The minimum Gasteiger partial charge on any atom is -0.431 e. The highest BCUT2D eigenvalue weighted by Crippen LogP contribution is 2.16. The summed E-state index contributed by atoms with van der Waals surface area (Å²) in [6.07, 6.45) is 4.18. The summed E-state index contributed by atoms with van der Waals surface area (Å²) in [6, 6.07) is 10.1. The largest absolute Gasteiger partial charge is 0.431 e. The molecule has 0 saturated carbocycles. The van der Waals surface area contributed by atoms with Crippen LogP contribution in [0.3, 0.4) is 0 Å². The molecule has 0 aliphatic heterocycles. The maximum Gasteiger partial charge on any atom is 0.302 e. The number of carbonyl (C=O) groups excluding carboxylic acids is 2. The molecule has 120 valence electrons. The zero-order valence-electron chi connectivity index (χ0n) is 12.2. The number of benzene rings is 1. The van der Waals surface area contributed by atoms with E-state index in [2.05, 4.69) is 36.5 Å². The Bertz CT molecular complexity index is 863. The van der Waals surface area contributed by atoms with Crippen molar-refractivity contribution in [3.8, 4) is 0 Å². The molecule has 1 aromatic carbocycles. The predicted octanol–water partition coefficient (Wildman–Crippen LogP) is 3.34. The van der Waals surface area contributed by atoms with Crippen molar-refractivity contribution in [3.05, 3.63) is 70.8 Å². The summed E-state index contributed by atoms with van der Waals surface area (Å²) in [6.45, 7) is 0. The molecule has 24 heavy (non-hydrogen) atoms. The van der Waals surface area contributed by atoms with E-state index >= 15 is 0 Å². The van der Waals surface area contributed by atoms with Gasteiger partial charge in [-0.25, -0.2) is 0 Å². The Morgan fingerprint density at radius 1 is 0.958 bits per heavy atom. The molecule has 2 amide bonds. The molecule has 7 nitrogen and oxygen atoms in total. The van der Waals surface area contributed by atoms with Gasteiger partial charge in [-0.2, -0.15) is 4.98 Å². The third-order valence-corrected chi connectivity index (χ3v) is 3.53. The molecule has 2 heterocycles. The van der Waals surface area contributed by atoms with Gasteiger partial charge in [-0.15, -0.1) is 0 Å². The molecule has 3 aromatic rings. The standard InChI is InChI=1S/C16H11BrN4O3/c17-11-1-3-12(4-2-11)19-15(23)13-9-24-16(20-13)21-14(22)10-5-7-18-8-6-10/h1-9H,(H,19,23)(H,20,21,22). The molecule has 0 fully saturated rings. The van der Waals surface area contributed by atoms with Crippen molar-refractivity contribution in [3.63, 3.8) is 0 Å². The van der Waals surface area contributed by atoms with Crippen molar-refractivity contribution < 1.29 is 14.0 Å². The molecule has 0 bridgehead atoms. The van der Waals surface area contributed by atoms with Crippen LogP contribution in [-0.4, -0.2) is 21.8 Å². The predicted molar refractivity (Wildman–Crippen MR) is 90.8 cm³/mol. The summed E-state index contributed by atoms with van der Waals surface area (Å²) < 4.78 is 6.01. The average Bonchev–Trinajstić information content (AvgIpc) is 3.06. The number of rotatable bonds is 4. The van der Waals surface area contributed by atoms with E-state index < -0.39 is 11.8 Å². The van der Waals surface area contributed by atoms with E-state index in [1.165, 1.54) is 18.7 Å². The third kappa shape index (κ3) is 3.85. The molecule has 2 aromatic heterocycles. The fourth-order valence-electron chi connectivity index (χ4n) is 1.84. The highest BCUT2D eigenvalue weighted by molar-refractivity contribution is 9.10. The Kier molecular flexibility index (Phi) is 4.66. The molecule has 8 heteroatoms. The Labute approximate surface area is 145 Å². The fourth-order valence-corrected chi connectivity index (χ4v) is 2.10. The second-order valence-corrected chi connectivity index (χ2v) is 5.60. The van der Waals surface area contributed by atoms with E-state index in [-0.39, 0.29) is 11.7 Å². The maximum atomic E-state index is 12.1. The monoisotopic (exact) mass is 386 g/mol. The molecule has 0 radical (unpaired) electrons. The van der Waals surface area contributed by atoms with Gasteiger partial charge in [0.05, 0.1) is 0 Å². The minimum atomic E-state index is -0.439. The first-order valence-electron chi connectivity index (χ1n) is 6.85. The number of anilines is 2. The van der Waals surface area contributed by atoms with Gasteiger partial charge in [-0.05, 0) is 36.4 Å². The van der Waals surface area contributed by atoms with Crippen molar-refractivity contribution in [2.45, 2.75) is 0 Å². The van der Waals surface area contributed by atoms with Gasteiger partial charge in [0.1, 0.15) is 6.26 Å². The lowest BCUT2D eigenvalue weighted by Gasteiger charge is -2.02. The van der Waals surface area contributed by atoms with Crippen LogP contribution in [0.15, 0.2) is 63.9 Å². The first kappa shape index (κ1) is 15.9. The van der Waals surface area contributed by atoms with Gasteiger partial charge in [0.15, 0.2) is 5.69 Å². The fraction of sp³-hybridized carbons (Fsp3) is 0. The van der Waals surface area contributed by atoms with Crippen molar-refractivity contribution >= 4 is 39.4 Å². The van der Waals surface area contributed by atoms with Crippen molar-refractivity contribution in [2.24, 2.45) is 0 Å². The van der Waals surface area contributed by atoms with Gasteiger partial charge in [0, 0.05) is 28.1 Å². The van der Waals surface area contributed by atoms with Crippen LogP contribution in [0.4, 0.5) is 11.7 Å². The zero-order chi connectivity index (χ0) is 16.9. The smallest absolute Gasteiger partial charge is 0.302 e. The van der Waals surface area contributed by atoms with Gasteiger partial charge in [-0.1, -0.05) is 15.9 Å². The highest BCUT2D eigenvalue weighted by atomic mass is 79.9. The van der Waals surface area contributed by atoms with E-state index in [0.717, 1.165) is 4.47 Å². The van der Waals surface area contributed by atoms with Gasteiger partial charge in [-0.3, -0.25) is 19.9 Å². The average molecular weight is 387 g/mol. The summed E-state index contributed by atoms with van der Waals surface area (Å²) in [7, 11) is 0. The van der Waals surface area contributed by atoms with Gasteiger partial charge in [0.25, 0.3) is 11.8 Å². The number of aromatic nitrogens is 2. The molecule has 0 saturated heterocycles. The van der Waals surface area contributed by atoms with E-state index in [0.29, 0.717) is 11.3 Å². The number of nitrogens with zero attached hydrogens (tertiary/aromatic N) is 2. The number of hydrogen-bond donors (Lipinski definition) is 2. The van der Waals surface area contributed by atoms with Crippen molar-refractivity contribution in [1.29, 1.82) is 0 Å². The third-order valence-electron chi connectivity index (χ3n) is 3.00. The molecule has 0 aliphatic carbocycles. The van der Waals surface area contributed by atoms with Gasteiger partial charge < -0.3 is 9.73 Å². The Morgan fingerprint density at radius 2 is 1.67 bits per heavy atom.